The zero-order chi connectivity index (χ0) is 19.8. The lowest BCUT2D eigenvalue weighted by Gasteiger charge is -2.33. The van der Waals surface area contributed by atoms with Crippen molar-refractivity contribution in [2.24, 2.45) is 4.99 Å². The molecule has 29 heavy (non-hydrogen) atoms. The van der Waals surface area contributed by atoms with Crippen LogP contribution in [0.2, 0.25) is 0 Å². The van der Waals surface area contributed by atoms with Crippen LogP contribution in [0.5, 0.6) is 0 Å². The monoisotopic (exact) mass is 511 g/mol. The number of aromatic nitrogens is 1. The molecule has 1 aliphatic rings. The first-order chi connectivity index (χ1) is 13.6. The quantitative estimate of drug-likeness (QED) is 0.354. The first-order valence-corrected chi connectivity index (χ1v) is 9.98. The number of hydrogen-bond donors (Lipinski definition) is 2. The molecule has 1 aliphatic heterocycles. The number of aryl methyl sites for hydroxylation is 1. The van der Waals surface area contributed by atoms with Gasteiger partial charge in [-0.1, -0.05) is 18.2 Å². The van der Waals surface area contributed by atoms with E-state index in [1.165, 1.54) is 17.7 Å². The molecule has 5 nitrogen and oxygen atoms in total. The Hall–Kier alpha value is -1.74. The number of rotatable bonds is 6. The van der Waals surface area contributed by atoms with Gasteiger partial charge in [-0.05, 0) is 55.5 Å². The fourth-order valence-corrected chi connectivity index (χ4v) is 3.44. The predicted molar refractivity (Wildman–Crippen MR) is 127 cm³/mol. The number of benzene rings is 1. The van der Waals surface area contributed by atoms with Crippen molar-refractivity contribution in [3.05, 3.63) is 65.2 Å². The Balaban J connectivity index is 0.00000300. The van der Waals surface area contributed by atoms with Crippen LogP contribution >= 0.6 is 24.0 Å². The summed E-state index contributed by atoms with van der Waals surface area (Å²) >= 11 is 0. The Morgan fingerprint density at radius 2 is 1.83 bits per heavy atom. The van der Waals surface area contributed by atoms with Gasteiger partial charge in [-0.25, -0.2) is 4.39 Å². The molecule has 0 bridgehead atoms. The average Bonchev–Trinajstić information content (AvgIpc) is 2.72. The van der Waals surface area contributed by atoms with Crippen LogP contribution < -0.4 is 10.6 Å². The third-order valence-corrected chi connectivity index (χ3v) is 5.15. The van der Waals surface area contributed by atoms with Crippen molar-refractivity contribution in [3.63, 3.8) is 0 Å². The number of nitrogens with one attached hydrogen (secondary N) is 2. The summed E-state index contributed by atoms with van der Waals surface area (Å²) in [5, 5.41) is 6.94. The highest BCUT2D eigenvalue weighted by Gasteiger charge is 2.20. The lowest BCUT2D eigenvalue weighted by Crippen LogP contribution is -2.48. The van der Waals surface area contributed by atoms with Crippen LogP contribution in [0.3, 0.4) is 0 Å². The molecule has 0 saturated carbocycles. The van der Waals surface area contributed by atoms with Gasteiger partial charge in [0.05, 0.1) is 0 Å². The second-order valence-corrected chi connectivity index (χ2v) is 7.38. The van der Waals surface area contributed by atoms with Gasteiger partial charge in [-0.15, -0.1) is 24.0 Å². The second-order valence-electron chi connectivity index (χ2n) is 7.38. The highest BCUT2D eigenvalue weighted by atomic mass is 127. The lowest BCUT2D eigenvalue weighted by atomic mass is 10.0. The fourth-order valence-electron chi connectivity index (χ4n) is 3.44. The number of nitrogens with zero attached hydrogens (tertiary/aromatic N) is 3. The molecule has 7 heteroatoms. The van der Waals surface area contributed by atoms with E-state index in [0.717, 1.165) is 62.7 Å². The van der Waals surface area contributed by atoms with Crippen LogP contribution in [-0.4, -0.2) is 48.6 Å². The lowest BCUT2D eigenvalue weighted by molar-refractivity contribution is 0.198. The van der Waals surface area contributed by atoms with Gasteiger partial charge in [0.15, 0.2) is 5.96 Å². The minimum absolute atomic E-state index is 0. The van der Waals surface area contributed by atoms with Crippen molar-refractivity contribution in [2.45, 2.75) is 38.8 Å². The van der Waals surface area contributed by atoms with E-state index in [1.54, 1.807) is 0 Å². The molecule has 0 amide bonds. The molecule has 0 spiro atoms. The van der Waals surface area contributed by atoms with Crippen molar-refractivity contribution in [3.8, 4) is 0 Å². The molecule has 2 heterocycles. The number of likely N-dealkylation sites (tertiary alicyclic amines) is 1. The Morgan fingerprint density at radius 3 is 2.45 bits per heavy atom. The number of halogens is 2. The normalized spacial score (nSPS) is 15.6. The van der Waals surface area contributed by atoms with Gasteiger partial charge in [0.25, 0.3) is 0 Å². The molecule has 1 fully saturated rings. The standard InChI is InChI=1S/C22H30FN5.HI/c1-17-3-4-18(15-26-17)9-12-25-22(24-2)27-21-10-13-28(14-11-21)16-19-5-7-20(23)8-6-19;/h3-8,15,21H,9-14,16H2,1-2H3,(H2,24,25,27);1H. The minimum Gasteiger partial charge on any atom is -0.356 e. The van der Waals surface area contributed by atoms with Crippen LogP contribution in [0.15, 0.2) is 47.6 Å². The van der Waals surface area contributed by atoms with Crippen LogP contribution in [0, 0.1) is 12.7 Å². The van der Waals surface area contributed by atoms with E-state index in [2.05, 4.69) is 31.6 Å². The van der Waals surface area contributed by atoms with E-state index in [4.69, 9.17) is 0 Å². The van der Waals surface area contributed by atoms with Crippen LogP contribution in [0.25, 0.3) is 0 Å². The van der Waals surface area contributed by atoms with Crippen molar-refractivity contribution in [2.75, 3.05) is 26.7 Å². The third-order valence-electron chi connectivity index (χ3n) is 5.15. The van der Waals surface area contributed by atoms with E-state index in [-0.39, 0.29) is 29.8 Å². The molecule has 0 radical (unpaired) electrons. The summed E-state index contributed by atoms with van der Waals surface area (Å²) in [6, 6.07) is 11.4. The van der Waals surface area contributed by atoms with Crippen molar-refractivity contribution >= 4 is 29.9 Å². The average molecular weight is 511 g/mol. The van der Waals surface area contributed by atoms with Crippen molar-refractivity contribution in [1.82, 2.24) is 20.5 Å². The first-order valence-electron chi connectivity index (χ1n) is 9.98. The maximum absolute atomic E-state index is 13.0. The number of hydrogen-bond acceptors (Lipinski definition) is 3. The molecule has 158 valence electrons. The summed E-state index contributed by atoms with van der Waals surface area (Å²) in [5.41, 5.74) is 3.43. The van der Waals surface area contributed by atoms with E-state index in [1.807, 2.05) is 38.4 Å². The van der Waals surface area contributed by atoms with E-state index >= 15 is 0 Å². The Kier molecular flexibility index (Phi) is 9.80. The molecule has 2 N–H and O–H groups in total. The zero-order valence-electron chi connectivity index (χ0n) is 17.2. The summed E-state index contributed by atoms with van der Waals surface area (Å²) in [5.74, 6) is 0.682. The second kappa shape index (κ2) is 12.1. The van der Waals surface area contributed by atoms with Gasteiger partial charge >= 0.3 is 0 Å². The molecule has 1 aromatic carbocycles. The van der Waals surface area contributed by atoms with E-state index < -0.39 is 0 Å². The molecule has 0 unspecified atom stereocenters. The molecule has 0 atom stereocenters. The fraction of sp³-hybridized carbons (Fsp3) is 0.455. The number of guanidine groups is 1. The highest BCUT2D eigenvalue weighted by Crippen LogP contribution is 2.14. The van der Waals surface area contributed by atoms with E-state index in [0.29, 0.717) is 6.04 Å². The zero-order valence-corrected chi connectivity index (χ0v) is 19.5. The maximum atomic E-state index is 13.0. The largest absolute Gasteiger partial charge is 0.356 e. The van der Waals surface area contributed by atoms with Crippen molar-refractivity contribution in [1.29, 1.82) is 0 Å². The first kappa shape index (κ1) is 23.5. The van der Waals surface area contributed by atoms with E-state index in [9.17, 15) is 4.39 Å². The smallest absolute Gasteiger partial charge is 0.191 e. The Morgan fingerprint density at radius 1 is 1.14 bits per heavy atom. The van der Waals surface area contributed by atoms with Gasteiger partial charge < -0.3 is 10.6 Å². The maximum Gasteiger partial charge on any atom is 0.191 e. The SMILES string of the molecule is CN=C(NCCc1ccc(C)nc1)NC1CCN(Cc2ccc(F)cc2)CC1.I. The number of aliphatic imine (C=N–C) groups is 1. The Labute approximate surface area is 190 Å². The molecular weight excluding hydrogens is 480 g/mol. The minimum atomic E-state index is -0.177. The van der Waals surface area contributed by atoms with Gasteiger partial charge in [0.2, 0.25) is 0 Å². The van der Waals surface area contributed by atoms with Gasteiger partial charge in [0, 0.05) is 51.2 Å². The summed E-state index contributed by atoms with van der Waals surface area (Å²) in [4.78, 5) is 11.1. The summed E-state index contributed by atoms with van der Waals surface area (Å²) in [6.45, 7) is 5.76. The third kappa shape index (κ3) is 7.89. The number of pyridine rings is 1. The van der Waals surface area contributed by atoms with Crippen LogP contribution in [0.1, 0.15) is 29.7 Å². The van der Waals surface area contributed by atoms with Gasteiger partial charge in [-0.2, -0.15) is 0 Å². The van der Waals surface area contributed by atoms with Gasteiger partial charge in [-0.3, -0.25) is 14.9 Å². The summed E-state index contributed by atoms with van der Waals surface area (Å²) < 4.78 is 13.0. The number of piperidine rings is 1. The predicted octanol–water partition coefficient (Wildman–Crippen LogP) is 3.52. The molecule has 2 aromatic rings. The van der Waals surface area contributed by atoms with Crippen LogP contribution in [-0.2, 0) is 13.0 Å². The molecule has 3 rings (SSSR count). The molecule has 1 aromatic heterocycles. The van der Waals surface area contributed by atoms with Gasteiger partial charge in [0.1, 0.15) is 5.82 Å². The summed E-state index contributed by atoms with van der Waals surface area (Å²) in [7, 11) is 1.81. The summed E-state index contributed by atoms with van der Waals surface area (Å²) in [6.07, 6.45) is 5.00. The topological polar surface area (TPSA) is 52.6 Å². The van der Waals surface area contributed by atoms with Crippen molar-refractivity contribution < 1.29 is 4.39 Å². The Bertz CT molecular complexity index is 756. The molecule has 1 saturated heterocycles. The highest BCUT2D eigenvalue weighted by molar-refractivity contribution is 14.0. The molecular formula is C22H31FIN5. The molecule has 0 aliphatic carbocycles. The van der Waals surface area contributed by atoms with Crippen LogP contribution in [0.4, 0.5) is 4.39 Å².